The largest absolute Gasteiger partial charge is 0.464 e. The molecule has 2 nitrogen and oxygen atoms in total. The van der Waals surface area contributed by atoms with Gasteiger partial charge in [-0.25, -0.2) is 0 Å². The van der Waals surface area contributed by atoms with Gasteiger partial charge in [0, 0.05) is 5.92 Å². The van der Waals surface area contributed by atoms with Crippen molar-refractivity contribution in [3.05, 3.63) is 59.5 Å². The van der Waals surface area contributed by atoms with Gasteiger partial charge in [-0.05, 0) is 43.0 Å². The lowest BCUT2D eigenvalue weighted by molar-refractivity contribution is 0.445. The Balaban J connectivity index is 1.41. The molecular weight excluding hydrogens is 234 g/mol. The van der Waals surface area contributed by atoms with Crippen LogP contribution in [0.4, 0.5) is 0 Å². The van der Waals surface area contributed by atoms with E-state index in [0.29, 0.717) is 5.92 Å². The quantitative estimate of drug-likeness (QED) is 0.796. The average Bonchev–Trinajstić information content (AvgIpc) is 2.99. The van der Waals surface area contributed by atoms with Gasteiger partial charge in [0.2, 0.25) is 0 Å². The molecule has 1 aliphatic rings. The molecule has 100 valence electrons. The summed E-state index contributed by atoms with van der Waals surface area (Å²) in [5, 5.41) is 3.44. The topological polar surface area (TPSA) is 25.2 Å². The second-order valence-electron chi connectivity index (χ2n) is 5.54. The molecule has 2 heteroatoms. The minimum Gasteiger partial charge on any atom is -0.464 e. The Labute approximate surface area is 114 Å². The highest BCUT2D eigenvalue weighted by Crippen LogP contribution is 2.47. The van der Waals surface area contributed by atoms with Gasteiger partial charge in [0.25, 0.3) is 0 Å². The molecule has 2 unspecified atom stereocenters. The fraction of sp³-hybridized carbons (Fsp3) is 0.412. The maximum atomic E-state index is 5.87. The van der Waals surface area contributed by atoms with Crippen molar-refractivity contribution in [3.8, 4) is 0 Å². The number of hydrogen-bond acceptors (Lipinski definition) is 2. The first-order valence-corrected chi connectivity index (χ1v) is 7.16. The zero-order chi connectivity index (χ0) is 13.1. The predicted octanol–water partition coefficient (Wildman–Crippen LogP) is 3.74. The summed E-state index contributed by atoms with van der Waals surface area (Å²) in [5.41, 5.74) is 1.38. The van der Waals surface area contributed by atoms with Crippen molar-refractivity contribution >= 4 is 0 Å². The van der Waals surface area contributed by atoms with Crippen LogP contribution in [0.15, 0.2) is 46.9 Å². The lowest BCUT2D eigenvalue weighted by atomic mass is 10.1. The zero-order valence-corrected chi connectivity index (χ0v) is 11.4. The smallest absolute Gasteiger partial charge is 0.117 e. The Morgan fingerprint density at radius 3 is 2.68 bits per heavy atom. The molecule has 0 saturated heterocycles. The predicted molar refractivity (Wildman–Crippen MR) is 77.1 cm³/mol. The molecule has 1 aliphatic carbocycles. The molecule has 1 heterocycles. The van der Waals surface area contributed by atoms with E-state index >= 15 is 0 Å². The first-order chi connectivity index (χ1) is 9.33. The molecule has 0 radical (unpaired) electrons. The number of furan rings is 1. The summed E-state index contributed by atoms with van der Waals surface area (Å²) in [4.78, 5) is 0. The Kier molecular flexibility index (Phi) is 3.69. The second-order valence-corrected chi connectivity index (χ2v) is 5.54. The number of nitrogens with one attached hydrogen (secondary N) is 1. The fourth-order valence-electron chi connectivity index (χ4n) is 2.50. The van der Waals surface area contributed by atoms with Crippen molar-refractivity contribution in [3.63, 3.8) is 0 Å². The molecule has 1 fully saturated rings. The molecule has 0 amide bonds. The summed E-state index contributed by atoms with van der Waals surface area (Å²) >= 11 is 0. The second kappa shape index (κ2) is 5.62. The molecular formula is C17H21NO. The zero-order valence-electron chi connectivity index (χ0n) is 11.4. The molecule has 1 aromatic heterocycles. The van der Waals surface area contributed by atoms with Crippen LogP contribution in [0.2, 0.25) is 0 Å². The Morgan fingerprint density at radius 2 is 1.95 bits per heavy atom. The van der Waals surface area contributed by atoms with Crippen LogP contribution in [0.1, 0.15) is 36.3 Å². The van der Waals surface area contributed by atoms with E-state index in [1.807, 2.05) is 0 Å². The molecule has 0 bridgehead atoms. The van der Waals surface area contributed by atoms with Crippen LogP contribution in [-0.2, 0) is 13.0 Å². The molecule has 3 rings (SSSR count). The summed E-state index contributed by atoms with van der Waals surface area (Å²) in [5.74, 6) is 3.72. The molecule has 2 aromatic rings. The van der Waals surface area contributed by atoms with Crippen molar-refractivity contribution < 1.29 is 4.42 Å². The lowest BCUT2D eigenvalue weighted by Crippen LogP contribution is -2.16. The van der Waals surface area contributed by atoms with Crippen LogP contribution in [0.5, 0.6) is 0 Å². The first-order valence-electron chi connectivity index (χ1n) is 7.16. The summed E-state index contributed by atoms with van der Waals surface area (Å²) in [6.45, 7) is 4.10. The third-order valence-corrected chi connectivity index (χ3v) is 3.89. The van der Waals surface area contributed by atoms with E-state index in [1.165, 1.54) is 17.7 Å². The molecule has 1 aromatic carbocycles. The molecule has 0 aliphatic heterocycles. The van der Waals surface area contributed by atoms with Crippen LogP contribution in [0.3, 0.4) is 0 Å². The van der Waals surface area contributed by atoms with E-state index in [4.69, 9.17) is 4.42 Å². The van der Waals surface area contributed by atoms with E-state index in [1.54, 1.807) is 0 Å². The maximum Gasteiger partial charge on any atom is 0.117 e. The summed E-state index contributed by atoms with van der Waals surface area (Å²) in [6, 6.07) is 14.8. The van der Waals surface area contributed by atoms with Gasteiger partial charge in [0.1, 0.15) is 11.5 Å². The first kappa shape index (κ1) is 12.5. The van der Waals surface area contributed by atoms with E-state index in [2.05, 4.69) is 54.7 Å². The fourth-order valence-corrected chi connectivity index (χ4v) is 2.50. The third-order valence-electron chi connectivity index (χ3n) is 3.89. The number of hydrogen-bond donors (Lipinski definition) is 1. The summed E-state index contributed by atoms with van der Waals surface area (Å²) < 4.78 is 5.87. The van der Waals surface area contributed by atoms with Crippen LogP contribution in [-0.4, -0.2) is 6.54 Å². The Bertz CT molecular complexity index is 517. The average molecular weight is 255 g/mol. The molecule has 0 spiro atoms. The highest BCUT2D eigenvalue weighted by atomic mass is 16.3. The maximum absolute atomic E-state index is 5.87. The van der Waals surface area contributed by atoms with Crippen LogP contribution in [0.25, 0.3) is 0 Å². The van der Waals surface area contributed by atoms with Gasteiger partial charge in [-0.15, -0.1) is 0 Å². The van der Waals surface area contributed by atoms with E-state index < -0.39 is 0 Å². The van der Waals surface area contributed by atoms with Gasteiger partial charge in [0.05, 0.1) is 6.54 Å². The summed E-state index contributed by atoms with van der Waals surface area (Å²) in [7, 11) is 0. The van der Waals surface area contributed by atoms with Gasteiger partial charge in [0.15, 0.2) is 0 Å². The molecule has 19 heavy (non-hydrogen) atoms. The monoisotopic (exact) mass is 255 g/mol. The van der Waals surface area contributed by atoms with Crippen LogP contribution in [0, 0.1) is 5.92 Å². The van der Waals surface area contributed by atoms with Gasteiger partial charge in [-0.2, -0.15) is 0 Å². The Morgan fingerprint density at radius 1 is 1.16 bits per heavy atom. The van der Waals surface area contributed by atoms with Gasteiger partial charge >= 0.3 is 0 Å². The minimum atomic E-state index is 0.679. The number of benzene rings is 1. The van der Waals surface area contributed by atoms with Crippen molar-refractivity contribution in [1.82, 2.24) is 5.32 Å². The van der Waals surface area contributed by atoms with Gasteiger partial charge < -0.3 is 9.73 Å². The van der Waals surface area contributed by atoms with Crippen molar-refractivity contribution in [2.75, 3.05) is 6.54 Å². The highest BCUT2D eigenvalue weighted by Gasteiger charge is 2.36. The SMILES string of the molecule is CC1CC1c1ccc(CNCCc2ccccc2)o1. The van der Waals surface area contributed by atoms with Gasteiger partial charge in [-0.1, -0.05) is 37.3 Å². The molecule has 1 N–H and O–H groups in total. The van der Waals surface area contributed by atoms with E-state index in [0.717, 1.165) is 31.2 Å². The third kappa shape index (κ3) is 3.27. The Hall–Kier alpha value is -1.54. The highest BCUT2D eigenvalue weighted by molar-refractivity contribution is 5.18. The normalized spacial score (nSPS) is 21.5. The van der Waals surface area contributed by atoms with Crippen LogP contribution < -0.4 is 5.32 Å². The molecule has 2 atom stereocenters. The number of rotatable bonds is 6. The van der Waals surface area contributed by atoms with Crippen molar-refractivity contribution in [2.45, 2.75) is 32.2 Å². The van der Waals surface area contributed by atoms with Crippen molar-refractivity contribution in [2.24, 2.45) is 5.92 Å². The molecule has 1 saturated carbocycles. The lowest BCUT2D eigenvalue weighted by Gasteiger charge is -2.03. The van der Waals surface area contributed by atoms with Gasteiger partial charge in [-0.3, -0.25) is 0 Å². The van der Waals surface area contributed by atoms with Crippen molar-refractivity contribution in [1.29, 1.82) is 0 Å². The summed E-state index contributed by atoms with van der Waals surface area (Å²) in [6.07, 6.45) is 2.35. The van der Waals surface area contributed by atoms with Crippen LogP contribution >= 0.6 is 0 Å². The van der Waals surface area contributed by atoms with E-state index in [-0.39, 0.29) is 0 Å². The standard InChI is InChI=1S/C17H21NO/c1-13-11-16(13)17-8-7-15(19-17)12-18-10-9-14-5-3-2-4-6-14/h2-8,13,16,18H,9-12H2,1H3. The minimum absolute atomic E-state index is 0.679. The van der Waals surface area contributed by atoms with E-state index in [9.17, 15) is 0 Å².